The molecule has 1 atom stereocenters. The average molecular weight is 441 g/mol. The molecule has 0 spiro atoms. The van der Waals surface area contributed by atoms with E-state index in [1.165, 1.54) is 17.1 Å². The van der Waals surface area contributed by atoms with Crippen molar-refractivity contribution in [3.8, 4) is 0 Å². The van der Waals surface area contributed by atoms with Crippen LogP contribution in [-0.4, -0.2) is 45.8 Å². The molecule has 1 aliphatic heterocycles. The number of nitrogens with zero attached hydrogens (tertiary/aromatic N) is 4. The molecule has 5 nitrogen and oxygen atoms in total. The van der Waals surface area contributed by atoms with Crippen molar-refractivity contribution in [1.29, 1.82) is 0 Å². The third-order valence-corrected chi connectivity index (χ3v) is 6.49. The summed E-state index contributed by atoms with van der Waals surface area (Å²) in [6.45, 7) is 4.41. The monoisotopic (exact) mass is 440 g/mol. The third-order valence-electron chi connectivity index (χ3n) is 5.42. The SMILES string of the molecule is CC1CN(c2nc(Cc3ccc(Cl)cc3)ns2)CCN1C(=O)CCc1ccccc1. The fourth-order valence-electron chi connectivity index (χ4n) is 3.77. The first-order valence-corrected chi connectivity index (χ1v) is 11.4. The summed E-state index contributed by atoms with van der Waals surface area (Å²) in [7, 11) is 0. The zero-order valence-electron chi connectivity index (χ0n) is 17.0. The number of anilines is 1. The van der Waals surface area contributed by atoms with Gasteiger partial charge in [0.25, 0.3) is 0 Å². The topological polar surface area (TPSA) is 49.3 Å². The van der Waals surface area contributed by atoms with E-state index in [-0.39, 0.29) is 11.9 Å². The Balaban J connectivity index is 1.31. The molecule has 156 valence electrons. The van der Waals surface area contributed by atoms with Crippen LogP contribution in [0.15, 0.2) is 54.6 Å². The summed E-state index contributed by atoms with van der Waals surface area (Å²) in [5, 5.41) is 1.66. The van der Waals surface area contributed by atoms with Gasteiger partial charge in [-0.1, -0.05) is 54.1 Å². The zero-order valence-corrected chi connectivity index (χ0v) is 18.6. The van der Waals surface area contributed by atoms with Crippen LogP contribution >= 0.6 is 23.1 Å². The molecule has 1 aromatic heterocycles. The molecule has 1 fully saturated rings. The molecule has 0 bridgehead atoms. The van der Waals surface area contributed by atoms with Gasteiger partial charge in [0.1, 0.15) is 5.82 Å². The first-order valence-electron chi connectivity index (χ1n) is 10.2. The molecule has 7 heteroatoms. The van der Waals surface area contributed by atoms with Crippen LogP contribution in [0.5, 0.6) is 0 Å². The van der Waals surface area contributed by atoms with Crippen molar-refractivity contribution >= 4 is 34.2 Å². The molecule has 1 aliphatic rings. The number of hydrogen-bond acceptors (Lipinski definition) is 5. The summed E-state index contributed by atoms with van der Waals surface area (Å²) in [4.78, 5) is 21.7. The van der Waals surface area contributed by atoms with Crippen LogP contribution in [0.4, 0.5) is 5.13 Å². The third kappa shape index (κ3) is 5.18. The highest BCUT2D eigenvalue weighted by Crippen LogP contribution is 2.23. The number of carbonyl (C=O) groups is 1. The van der Waals surface area contributed by atoms with Gasteiger partial charge in [-0.15, -0.1) is 0 Å². The Bertz CT molecular complexity index is 976. The Morgan fingerprint density at radius 2 is 1.87 bits per heavy atom. The normalized spacial score (nSPS) is 16.7. The van der Waals surface area contributed by atoms with E-state index in [4.69, 9.17) is 16.6 Å². The number of aryl methyl sites for hydroxylation is 1. The quantitative estimate of drug-likeness (QED) is 0.568. The van der Waals surface area contributed by atoms with Crippen molar-refractivity contribution in [3.63, 3.8) is 0 Å². The van der Waals surface area contributed by atoms with Gasteiger partial charge in [0.15, 0.2) is 0 Å². The average Bonchev–Trinajstić information content (AvgIpc) is 3.23. The van der Waals surface area contributed by atoms with Gasteiger partial charge in [-0.2, -0.15) is 4.37 Å². The molecular formula is C23H25ClN4OS. The van der Waals surface area contributed by atoms with Crippen LogP contribution in [0, 0.1) is 0 Å². The Morgan fingerprint density at radius 1 is 1.10 bits per heavy atom. The smallest absolute Gasteiger partial charge is 0.223 e. The van der Waals surface area contributed by atoms with Crippen LogP contribution < -0.4 is 4.90 Å². The molecule has 1 amide bonds. The zero-order chi connectivity index (χ0) is 20.9. The van der Waals surface area contributed by atoms with Gasteiger partial charge in [0.2, 0.25) is 11.0 Å². The van der Waals surface area contributed by atoms with Gasteiger partial charge in [0, 0.05) is 55.1 Å². The Hall–Kier alpha value is -2.44. The van der Waals surface area contributed by atoms with Crippen molar-refractivity contribution in [1.82, 2.24) is 14.3 Å². The number of piperazine rings is 1. The molecule has 0 radical (unpaired) electrons. The van der Waals surface area contributed by atoms with Gasteiger partial charge in [0.05, 0.1) is 0 Å². The summed E-state index contributed by atoms with van der Waals surface area (Å²) in [5.74, 6) is 1.05. The van der Waals surface area contributed by atoms with Crippen LogP contribution in [-0.2, 0) is 17.6 Å². The van der Waals surface area contributed by atoms with Crippen molar-refractivity contribution in [2.75, 3.05) is 24.5 Å². The minimum Gasteiger partial charge on any atom is -0.343 e. The van der Waals surface area contributed by atoms with Gasteiger partial charge in [-0.3, -0.25) is 4.79 Å². The standard InChI is InChI=1S/C23H25ClN4OS/c1-17-16-27(13-14-28(17)22(29)12-9-18-5-3-2-4-6-18)23-25-21(26-30-23)15-19-7-10-20(24)11-8-19/h2-8,10-11,17H,9,12-16H2,1H3. The van der Waals surface area contributed by atoms with E-state index in [2.05, 4.69) is 28.3 Å². The summed E-state index contributed by atoms with van der Waals surface area (Å²) in [5.41, 5.74) is 2.35. The maximum atomic E-state index is 12.7. The van der Waals surface area contributed by atoms with Crippen molar-refractivity contribution in [3.05, 3.63) is 76.6 Å². The summed E-state index contributed by atoms with van der Waals surface area (Å²) >= 11 is 7.39. The lowest BCUT2D eigenvalue weighted by molar-refractivity contribution is -0.133. The van der Waals surface area contributed by atoms with Crippen LogP contribution in [0.1, 0.15) is 30.3 Å². The number of halogens is 1. The van der Waals surface area contributed by atoms with Gasteiger partial charge in [-0.25, -0.2) is 4.98 Å². The molecule has 30 heavy (non-hydrogen) atoms. The fourth-order valence-corrected chi connectivity index (χ4v) is 4.62. The van der Waals surface area contributed by atoms with Crippen molar-refractivity contribution in [2.24, 2.45) is 0 Å². The van der Waals surface area contributed by atoms with Crippen molar-refractivity contribution < 1.29 is 4.79 Å². The second-order valence-corrected chi connectivity index (χ2v) is 8.83. The van der Waals surface area contributed by atoms with Gasteiger partial charge < -0.3 is 9.80 Å². The van der Waals surface area contributed by atoms with Crippen LogP contribution in [0.3, 0.4) is 0 Å². The number of carbonyl (C=O) groups excluding carboxylic acids is 1. The molecule has 2 heterocycles. The van der Waals surface area contributed by atoms with E-state index >= 15 is 0 Å². The number of rotatable bonds is 6. The minimum absolute atomic E-state index is 0.158. The van der Waals surface area contributed by atoms with E-state index in [0.717, 1.165) is 47.6 Å². The molecule has 0 aliphatic carbocycles. The largest absolute Gasteiger partial charge is 0.343 e. The van der Waals surface area contributed by atoms with Crippen LogP contribution in [0.25, 0.3) is 0 Å². The van der Waals surface area contributed by atoms with E-state index in [0.29, 0.717) is 12.8 Å². The molecule has 1 unspecified atom stereocenters. The van der Waals surface area contributed by atoms with E-state index < -0.39 is 0 Å². The Morgan fingerprint density at radius 3 is 2.60 bits per heavy atom. The number of aromatic nitrogens is 2. The lowest BCUT2D eigenvalue weighted by Crippen LogP contribution is -2.54. The molecule has 0 saturated carbocycles. The lowest BCUT2D eigenvalue weighted by Gasteiger charge is -2.39. The maximum Gasteiger partial charge on any atom is 0.223 e. The summed E-state index contributed by atoms with van der Waals surface area (Å²) in [6.07, 6.45) is 2.04. The number of amides is 1. The lowest BCUT2D eigenvalue weighted by atomic mass is 10.1. The van der Waals surface area contributed by atoms with Gasteiger partial charge >= 0.3 is 0 Å². The second-order valence-electron chi connectivity index (χ2n) is 7.66. The van der Waals surface area contributed by atoms with Crippen LogP contribution in [0.2, 0.25) is 5.02 Å². The first kappa shape index (κ1) is 20.8. The maximum absolute atomic E-state index is 12.7. The molecule has 4 rings (SSSR count). The molecule has 2 aromatic carbocycles. The van der Waals surface area contributed by atoms with E-state index in [1.807, 2.05) is 47.4 Å². The van der Waals surface area contributed by atoms with Gasteiger partial charge in [-0.05, 0) is 36.6 Å². The number of benzene rings is 2. The highest BCUT2D eigenvalue weighted by atomic mass is 35.5. The van der Waals surface area contributed by atoms with E-state index in [9.17, 15) is 4.79 Å². The van der Waals surface area contributed by atoms with E-state index in [1.54, 1.807) is 0 Å². The summed E-state index contributed by atoms with van der Waals surface area (Å²) < 4.78 is 4.53. The highest BCUT2D eigenvalue weighted by Gasteiger charge is 2.28. The predicted molar refractivity (Wildman–Crippen MR) is 122 cm³/mol. The predicted octanol–water partition coefficient (Wildman–Crippen LogP) is 4.45. The van der Waals surface area contributed by atoms with Crippen molar-refractivity contribution in [2.45, 2.75) is 32.2 Å². The Labute approximate surface area is 186 Å². The first-order chi connectivity index (χ1) is 14.6. The number of hydrogen-bond donors (Lipinski definition) is 0. The molecular weight excluding hydrogens is 416 g/mol. The fraction of sp³-hybridized carbons (Fsp3) is 0.348. The Kier molecular flexibility index (Phi) is 6.65. The second kappa shape index (κ2) is 9.58. The summed E-state index contributed by atoms with van der Waals surface area (Å²) in [6, 6.07) is 18.1. The molecule has 0 N–H and O–H groups in total. The molecule has 3 aromatic rings. The highest BCUT2D eigenvalue weighted by molar-refractivity contribution is 7.09. The minimum atomic E-state index is 0.158. The molecule has 1 saturated heterocycles.